The third-order valence-corrected chi connectivity index (χ3v) is 3.38. The molecule has 2 rings (SSSR count). The molecule has 0 bridgehead atoms. The van der Waals surface area contributed by atoms with E-state index < -0.39 is 6.09 Å². The van der Waals surface area contributed by atoms with Gasteiger partial charge in [-0.2, -0.15) is 0 Å². The zero-order valence-electron chi connectivity index (χ0n) is 12.3. The number of carbonyl (C=O) groups is 1. The second-order valence-corrected chi connectivity index (χ2v) is 5.58. The number of nitrogens with one attached hydrogen (secondary N) is 1. The van der Waals surface area contributed by atoms with Crippen molar-refractivity contribution in [3.63, 3.8) is 0 Å². The minimum atomic E-state index is -0.495. The number of alkyl carbamates (subject to hydrolysis) is 1. The number of hydrogen-bond acceptors (Lipinski definition) is 2. The van der Waals surface area contributed by atoms with Crippen molar-refractivity contribution < 1.29 is 13.9 Å². The van der Waals surface area contributed by atoms with Crippen LogP contribution in [-0.2, 0) is 11.3 Å². The van der Waals surface area contributed by atoms with Crippen molar-refractivity contribution in [2.24, 2.45) is 0 Å². The molecule has 1 N–H and O–H groups in total. The summed E-state index contributed by atoms with van der Waals surface area (Å²) >= 11 is 3.19. The summed E-state index contributed by atoms with van der Waals surface area (Å²) in [5, 5.41) is 2.60. The Bertz CT molecular complexity index is 723. The molecule has 0 unspecified atom stereocenters. The third kappa shape index (κ3) is 6.13. The number of amides is 1. The molecule has 2 aromatic carbocycles. The van der Waals surface area contributed by atoms with Gasteiger partial charge in [0.2, 0.25) is 0 Å². The first-order chi connectivity index (χ1) is 11.1. The van der Waals surface area contributed by atoms with Crippen molar-refractivity contribution in [1.29, 1.82) is 0 Å². The summed E-state index contributed by atoms with van der Waals surface area (Å²) in [6.45, 7) is 0.571. The van der Waals surface area contributed by atoms with Crippen LogP contribution in [0.2, 0.25) is 0 Å². The Labute approximate surface area is 143 Å². The van der Waals surface area contributed by atoms with Gasteiger partial charge in [-0.3, -0.25) is 0 Å². The molecule has 3 nitrogen and oxygen atoms in total. The van der Waals surface area contributed by atoms with Gasteiger partial charge in [0.05, 0.1) is 5.56 Å². The number of ether oxygens (including phenoxy) is 1. The summed E-state index contributed by atoms with van der Waals surface area (Å²) in [5.74, 6) is 5.18. The van der Waals surface area contributed by atoms with Gasteiger partial charge in [-0.1, -0.05) is 58.1 Å². The predicted octanol–water partition coefficient (Wildman–Crippen LogP) is 4.26. The van der Waals surface area contributed by atoms with Crippen LogP contribution in [0, 0.1) is 17.7 Å². The SMILES string of the molecule is O=C(NCCC#Cc1ccc(Br)cc1F)OCc1ccccc1. The molecule has 2 aromatic rings. The minimum Gasteiger partial charge on any atom is -0.445 e. The number of halogens is 2. The molecule has 5 heteroatoms. The van der Waals surface area contributed by atoms with E-state index >= 15 is 0 Å². The Kier molecular flexibility index (Phi) is 6.64. The zero-order chi connectivity index (χ0) is 16.5. The lowest BCUT2D eigenvalue weighted by Gasteiger charge is -2.05. The van der Waals surface area contributed by atoms with Gasteiger partial charge in [-0.05, 0) is 23.8 Å². The maximum absolute atomic E-state index is 13.5. The molecule has 0 aromatic heterocycles. The maximum atomic E-state index is 13.5. The van der Waals surface area contributed by atoms with Crippen LogP contribution in [0.25, 0.3) is 0 Å². The van der Waals surface area contributed by atoms with E-state index in [4.69, 9.17) is 4.74 Å². The van der Waals surface area contributed by atoms with E-state index in [2.05, 4.69) is 33.1 Å². The van der Waals surface area contributed by atoms with Gasteiger partial charge in [0.25, 0.3) is 0 Å². The molecular weight excluding hydrogens is 361 g/mol. The van der Waals surface area contributed by atoms with Crippen molar-refractivity contribution in [2.75, 3.05) is 6.54 Å². The topological polar surface area (TPSA) is 38.3 Å². The van der Waals surface area contributed by atoms with E-state index in [-0.39, 0.29) is 12.4 Å². The zero-order valence-corrected chi connectivity index (χ0v) is 13.9. The van der Waals surface area contributed by atoms with E-state index in [1.807, 2.05) is 30.3 Å². The molecule has 0 heterocycles. The quantitative estimate of drug-likeness (QED) is 0.640. The molecule has 0 aliphatic rings. The molecule has 0 atom stereocenters. The van der Waals surface area contributed by atoms with Gasteiger partial charge in [0, 0.05) is 17.4 Å². The highest BCUT2D eigenvalue weighted by molar-refractivity contribution is 9.10. The molecule has 0 aliphatic heterocycles. The lowest BCUT2D eigenvalue weighted by molar-refractivity contribution is 0.140. The second kappa shape index (κ2) is 8.96. The average molecular weight is 376 g/mol. The van der Waals surface area contributed by atoms with Crippen LogP contribution in [0.4, 0.5) is 9.18 Å². The Hall–Kier alpha value is -2.32. The van der Waals surface area contributed by atoms with Crippen molar-refractivity contribution in [3.05, 3.63) is 69.9 Å². The van der Waals surface area contributed by atoms with Crippen LogP contribution >= 0.6 is 15.9 Å². The minimum absolute atomic E-state index is 0.225. The number of benzene rings is 2. The van der Waals surface area contributed by atoms with Gasteiger partial charge < -0.3 is 10.1 Å². The summed E-state index contributed by atoms with van der Waals surface area (Å²) in [6, 6.07) is 14.1. The summed E-state index contributed by atoms with van der Waals surface area (Å²) in [6.07, 6.45) is -0.0823. The fourth-order valence-corrected chi connectivity index (χ4v) is 2.08. The lowest BCUT2D eigenvalue weighted by atomic mass is 10.2. The maximum Gasteiger partial charge on any atom is 0.407 e. The fourth-order valence-electron chi connectivity index (χ4n) is 1.75. The van der Waals surface area contributed by atoms with E-state index in [1.54, 1.807) is 12.1 Å². The standard InChI is InChI=1S/C18H15BrFNO2/c19-16-10-9-15(17(20)12-16)8-4-5-11-21-18(22)23-13-14-6-2-1-3-7-14/h1-3,6-7,9-10,12H,5,11,13H2,(H,21,22). The smallest absolute Gasteiger partial charge is 0.407 e. The van der Waals surface area contributed by atoms with Crippen LogP contribution in [0.15, 0.2) is 53.0 Å². The van der Waals surface area contributed by atoms with E-state index in [9.17, 15) is 9.18 Å². The molecule has 1 amide bonds. The normalized spacial score (nSPS) is 9.65. The highest BCUT2D eigenvalue weighted by Crippen LogP contribution is 2.14. The number of hydrogen-bond donors (Lipinski definition) is 1. The van der Waals surface area contributed by atoms with Gasteiger partial charge in [0.15, 0.2) is 0 Å². The molecule has 0 spiro atoms. The largest absolute Gasteiger partial charge is 0.445 e. The molecular formula is C18H15BrFNO2. The average Bonchev–Trinajstić information content (AvgIpc) is 2.55. The van der Waals surface area contributed by atoms with E-state index in [0.717, 1.165) is 5.56 Å². The highest BCUT2D eigenvalue weighted by atomic mass is 79.9. The van der Waals surface area contributed by atoms with Gasteiger partial charge in [-0.15, -0.1) is 0 Å². The summed E-state index contributed by atoms with van der Waals surface area (Å²) in [7, 11) is 0. The summed E-state index contributed by atoms with van der Waals surface area (Å²) in [5.41, 5.74) is 1.26. The Morgan fingerprint density at radius 1 is 1.22 bits per heavy atom. The predicted molar refractivity (Wildman–Crippen MR) is 90.2 cm³/mol. The van der Waals surface area contributed by atoms with Crippen LogP contribution in [0.1, 0.15) is 17.5 Å². The Balaban J connectivity index is 1.69. The second-order valence-electron chi connectivity index (χ2n) is 4.66. The molecule has 0 fully saturated rings. The molecule has 118 valence electrons. The van der Waals surface area contributed by atoms with E-state index in [1.165, 1.54) is 6.07 Å². The van der Waals surface area contributed by atoms with Crippen molar-refractivity contribution in [1.82, 2.24) is 5.32 Å². The van der Waals surface area contributed by atoms with Gasteiger partial charge in [-0.25, -0.2) is 9.18 Å². The van der Waals surface area contributed by atoms with Gasteiger partial charge >= 0.3 is 6.09 Å². The number of carbonyl (C=O) groups excluding carboxylic acids is 1. The molecule has 0 aliphatic carbocycles. The Morgan fingerprint density at radius 3 is 2.74 bits per heavy atom. The van der Waals surface area contributed by atoms with Crippen LogP contribution in [0.3, 0.4) is 0 Å². The van der Waals surface area contributed by atoms with Gasteiger partial charge in [0.1, 0.15) is 12.4 Å². The lowest BCUT2D eigenvalue weighted by Crippen LogP contribution is -2.24. The van der Waals surface area contributed by atoms with Crippen LogP contribution < -0.4 is 5.32 Å². The van der Waals surface area contributed by atoms with Crippen LogP contribution in [-0.4, -0.2) is 12.6 Å². The Morgan fingerprint density at radius 2 is 2.00 bits per heavy atom. The molecule has 0 saturated carbocycles. The third-order valence-electron chi connectivity index (χ3n) is 2.89. The fraction of sp³-hybridized carbons (Fsp3) is 0.167. The highest BCUT2D eigenvalue weighted by Gasteiger charge is 2.01. The number of rotatable bonds is 4. The van der Waals surface area contributed by atoms with Crippen molar-refractivity contribution in [3.8, 4) is 11.8 Å². The molecule has 23 heavy (non-hydrogen) atoms. The molecule has 0 saturated heterocycles. The van der Waals surface area contributed by atoms with Crippen LogP contribution in [0.5, 0.6) is 0 Å². The van der Waals surface area contributed by atoms with Crippen molar-refractivity contribution in [2.45, 2.75) is 13.0 Å². The first-order valence-electron chi connectivity index (χ1n) is 7.03. The summed E-state index contributed by atoms with van der Waals surface area (Å²) in [4.78, 5) is 11.5. The first kappa shape index (κ1) is 17.0. The monoisotopic (exact) mass is 375 g/mol. The van der Waals surface area contributed by atoms with E-state index in [0.29, 0.717) is 23.0 Å². The molecule has 0 radical (unpaired) electrons. The van der Waals surface area contributed by atoms with Crippen molar-refractivity contribution >= 4 is 22.0 Å². The summed E-state index contributed by atoms with van der Waals surface area (Å²) < 4.78 is 19.3. The first-order valence-corrected chi connectivity index (χ1v) is 7.83.